The number of amides is 1. The average molecular weight is 265 g/mol. The first kappa shape index (κ1) is 12.5. The van der Waals surface area contributed by atoms with E-state index in [2.05, 4.69) is 5.10 Å². The number of hydrogen-bond acceptors (Lipinski definition) is 3. The molecule has 2 aliphatic heterocycles. The fourth-order valence-corrected chi connectivity index (χ4v) is 3.60. The van der Waals surface area contributed by atoms with E-state index in [-0.39, 0.29) is 30.0 Å². The van der Waals surface area contributed by atoms with Crippen LogP contribution < -0.4 is 5.56 Å². The minimum atomic E-state index is -0.258. The van der Waals surface area contributed by atoms with Gasteiger partial charge < -0.3 is 10.0 Å². The molecular formula is C13H19N3O3. The van der Waals surface area contributed by atoms with E-state index in [1.807, 2.05) is 4.90 Å². The molecule has 3 aliphatic rings. The summed E-state index contributed by atoms with van der Waals surface area (Å²) in [7, 11) is 1.67. The van der Waals surface area contributed by atoms with Gasteiger partial charge in [0.15, 0.2) is 0 Å². The lowest BCUT2D eigenvalue weighted by Crippen LogP contribution is -2.56. The number of nitrogens with one attached hydrogen (secondary N) is 1. The lowest BCUT2D eigenvalue weighted by molar-refractivity contribution is -0.0113. The van der Waals surface area contributed by atoms with Gasteiger partial charge in [-0.15, -0.1) is 0 Å². The van der Waals surface area contributed by atoms with Crippen molar-refractivity contribution in [3.8, 4) is 0 Å². The Morgan fingerprint density at radius 3 is 2.89 bits per heavy atom. The normalized spacial score (nSPS) is 29.8. The van der Waals surface area contributed by atoms with Gasteiger partial charge in [0.25, 0.3) is 11.5 Å². The van der Waals surface area contributed by atoms with Crippen LogP contribution >= 0.6 is 0 Å². The molecule has 6 heteroatoms. The number of carbonyl (C=O) groups excluding carboxylic acids is 1. The molecular weight excluding hydrogens is 246 g/mol. The van der Waals surface area contributed by atoms with Gasteiger partial charge in [-0.1, -0.05) is 0 Å². The predicted octanol–water partition coefficient (Wildman–Crippen LogP) is -0.0536. The molecule has 3 atom stereocenters. The number of aryl methyl sites for hydroxylation is 1. The Labute approximate surface area is 111 Å². The summed E-state index contributed by atoms with van der Waals surface area (Å²) in [6, 6.07) is 1.46. The molecule has 1 aliphatic carbocycles. The van der Waals surface area contributed by atoms with Crippen LogP contribution in [0.25, 0.3) is 0 Å². The first-order valence-electron chi connectivity index (χ1n) is 6.78. The van der Waals surface area contributed by atoms with Crippen molar-refractivity contribution in [1.82, 2.24) is 14.7 Å². The summed E-state index contributed by atoms with van der Waals surface area (Å²) in [5, 5.41) is 12.0. The van der Waals surface area contributed by atoms with Gasteiger partial charge in [0, 0.05) is 38.2 Å². The molecule has 4 rings (SSSR count). The lowest BCUT2D eigenvalue weighted by atomic mass is 9.73. The number of aromatic amines is 1. The van der Waals surface area contributed by atoms with Crippen molar-refractivity contribution < 1.29 is 9.90 Å². The Kier molecular flexibility index (Phi) is 2.97. The van der Waals surface area contributed by atoms with Crippen molar-refractivity contribution >= 4 is 5.91 Å². The molecule has 0 radical (unpaired) electrons. The van der Waals surface area contributed by atoms with E-state index < -0.39 is 0 Å². The first-order valence-corrected chi connectivity index (χ1v) is 6.78. The molecule has 3 fully saturated rings. The number of piperidine rings is 2. The van der Waals surface area contributed by atoms with Crippen molar-refractivity contribution in [2.45, 2.75) is 25.3 Å². The van der Waals surface area contributed by atoms with Crippen LogP contribution in [0.1, 0.15) is 29.8 Å². The Bertz CT molecular complexity index is 548. The molecule has 0 aromatic carbocycles. The number of aliphatic hydroxyl groups is 1. The Morgan fingerprint density at radius 2 is 2.32 bits per heavy atom. The molecule has 3 heterocycles. The quantitative estimate of drug-likeness (QED) is 0.786. The molecule has 3 unspecified atom stereocenters. The summed E-state index contributed by atoms with van der Waals surface area (Å²) in [5.74, 6) is 0.572. The largest absolute Gasteiger partial charge is 0.396 e. The van der Waals surface area contributed by atoms with Crippen molar-refractivity contribution in [2.75, 3.05) is 13.2 Å². The van der Waals surface area contributed by atoms with Crippen LogP contribution in [0.15, 0.2) is 10.9 Å². The highest BCUT2D eigenvalue weighted by atomic mass is 16.3. The summed E-state index contributed by atoms with van der Waals surface area (Å²) >= 11 is 0. The number of rotatable bonds is 2. The van der Waals surface area contributed by atoms with Crippen LogP contribution in [-0.2, 0) is 7.05 Å². The third-order valence-electron chi connectivity index (χ3n) is 4.53. The maximum atomic E-state index is 12.5. The molecule has 6 nitrogen and oxygen atoms in total. The summed E-state index contributed by atoms with van der Waals surface area (Å²) in [4.78, 5) is 25.7. The Balaban J connectivity index is 1.88. The van der Waals surface area contributed by atoms with Crippen molar-refractivity contribution in [2.24, 2.45) is 18.9 Å². The monoisotopic (exact) mass is 265 g/mol. The van der Waals surface area contributed by atoms with E-state index in [0.29, 0.717) is 11.6 Å². The zero-order chi connectivity index (χ0) is 13.6. The molecule has 104 valence electrons. The van der Waals surface area contributed by atoms with Gasteiger partial charge in [-0.3, -0.25) is 19.4 Å². The van der Waals surface area contributed by atoms with E-state index in [9.17, 15) is 14.7 Å². The number of carbonyl (C=O) groups is 1. The summed E-state index contributed by atoms with van der Waals surface area (Å²) in [6.07, 6.45) is 3.11. The van der Waals surface area contributed by atoms with E-state index in [0.717, 1.165) is 25.8 Å². The van der Waals surface area contributed by atoms with E-state index in [1.54, 1.807) is 7.05 Å². The number of fused-ring (bicyclic) bond motifs is 3. The van der Waals surface area contributed by atoms with Crippen LogP contribution in [0.2, 0.25) is 0 Å². The van der Waals surface area contributed by atoms with Crippen LogP contribution in [-0.4, -0.2) is 44.9 Å². The van der Waals surface area contributed by atoms with Gasteiger partial charge in [-0.2, -0.15) is 0 Å². The maximum absolute atomic E-state index is 12.5. The van der Waals surface area contributed by atoms with Crippen LogP contribution in [0.5, 0.6) is 0 Å². The fourth-order valence-electron chi connectivity index (χ4n) is 3.60. The summed E-state index contributed by atoms with van der Waals surface area (Å²) in [6.45, 7) is 0.885. The van der Waals surface area contributed by atoms with Gasteiger partial charge in [0.1, 0.15) is 5.69 Å². The highest BCUT2D eigenvalue weighted by Crippen LogP contribution is 2.39. The van der Waals surface area contributed by atoms with Crippen molar-refractivity contribution in [3.05, 3.63) is 22.1 Å². The molecule has 1 saturated carbocycles. The molecule has 1 aromatic rings. The molecule has 2 saturated heterocycles. The number of hydrogen-bond donors (Lipinski definition) is 2. The highest BCUT2D eigenvalue weighted by molar-refractivity contribution is 5.92. The Morgan fingerprint density at radius 1 is 1.53 bits per heavy atom. The second-order valence-electron chi connectivity index (χ2n) is 5.71. The van der Waals surface area contributed by atoms with Gasteiger partial charge in [0.05, 0.1) is 0 Å². The zero-order valence-electron chi connectivity index (χ0n) is 11.0. The minimum absolute atomic E-state index is 0.103. The molecule has 2 bridgehead atoms. The number of H-pyrrole nitrogens is 1. The Hall–Kier alpha value is -1.56. The molecule has 2 N–H and O–H groups in total. The van der Waals surface area contributed by atoms with E-state index in [4.69, 9.17) is 0 Å². The SMILES string of the molecule is Cn1[nH]c(=O)cc1C(=O)N1CC2CCC1C(CO)C2. The molecule has 19 heavy (non-hydrogen) atoms. The number of aromatic nitrogens is 2. The van der Waals surface area contributed by atoms with E-state index >= 15 is 0 Å². The molecule has 1 amide bonds. The minimum Gasteiger partial charge on any atom is -0.396 e. The van der Waals surface area contributed by atoms with Crippen molar-refractivity contribution in [1.29, 1.82) is 0 Å². The van der Waals surface area contributed by atoms with Crippen LogP contribution in [0, 0.1) is 11.8 Å². The number of nitrogens with zero attached hydrogens (tertiary/aromatic N) is 2. The molecule has 1 aromatic heterocycles. The van der Waals surface area contributed by atoms with Gasteiger partial charge in [-0.05, 0) is 25.2 Å². The smallest absolute Gasteiger partial charge is 0.272 e. The average Bonchev–Trinajstić information content (AvgIpc) is 2.77. The van der Waals surface area contributed by atoms with E-state index in [1.165, 1.54) is 10.7 Å². The van der Waals surface area contributed by atoms with Gasteiger partial charge >= 0.3 is 0 Å². The second kappa shape index (κ2) is 4.52. The third-order valence-corrected chi connectivity index (χ3v) is 4.53. The van der Waals surface area contributed by atoms with Crippen LogP contribution in [0.3, 0.4) is 0 Å². The second-order valence-corrected chi connectivity index (χ2v) is 5.71. The summed E-state index contributed by atoms with van der Waals surface area (Å²) in [5.41, 5.74) is 0.140. The highest BCUT2D eigenvalue weighted by Gasteiger charge is 2.43. The summed E-state index contributed by atoms with van der Waals surface area (Å²) < 4.78 is 1.47. The third kappa shape index (κ3) is 2.00. The van der Waals surface area contributed by atoms with Crippen LogP contribution in [0.4, 0.5) is 0 Å². The topological polar surface area (TPSA) is 78.3 Å². The number of aliphatic hydroxyl groups excluding tert-OH is 1. The van der Waals surface area contributed by atoms with Gasteiger partial charge in [-0.25, -0.2) is 0 Å². The standard InChI is InChI=1S/C13H19N3O3/c1-15-11(5-12(18)14-15)13(19)16-6-8-2-3-10(16)9(4-8)7-17/h5,8-10,17H,2-4,6-7H2,1H3,(H,14,18). The molecule has 0 spiro atoms. The lowest BCUT2D eigenvalue weighted by Gasteiger charge is -2.49. The fraction of sp³-hybridized carbons (Fsp3) is 0.692. The van der Waals surface area contributed by atoms with Gasteiger partial charge in [0.2, 0.25) is 0 Å². The zero-order valence-corrected chi connectivity index (χ0v) is 11.0. The first-order chi connectivity index (χ1) is 9.10. The van der Waals surface area contributed by atoms with Crippen molar-refractivity contribution in [3.63, 3.8) is 0 Å². The predicted molar refractivity (Wildman–Crippen MR) is 68.8 cm³/mol. The maximum Gasteiger partial charge on any atom is 0.272 e.